The molecule has 180 valence electrons. The number of rotatable bonds is 10. The summed E-state index contributed by atoms with van der Waals surface area (Å²) in [5, 5.41) is 6.44. The molecule has 31 heavy (non-hydrogen) atoms. The second-order valence-corrected chi connectivity index (χ2v) is 9.06. The van der Waals surface area contributed by atoms with Gasteiger partial charge in [0, 0.05) is 52.2 Å². The lowest BCUT2D eigenvalue weighted by molar-refractivity contribution is 0.0486. The molecular weight excluding hydrogens is 507 g/mol. The Morgan fingerprint density at radius 3 is 2.52 bits per heavy atom. The zero-order valence-corrected chi connectivity index (χ0v) is 22.9. The van der Waals surface area contributed by atoms with Crippen LogP contribution in [0.25, 0.3) is 0 Å². The van der Waals surface area contributed by atoms with Crippen molar-refractivity contribution >= 4 is 36.0 Å². The predicted octanol–water partition coefficient (Wildman–Crippen LogP) is 4.04. The smallest absolute Gasteiger partial charge is 0.407 e. The minimum Gasteiger partial charge on any atom is -0.444 e. The van der Waals surface area contributed by atoms with Gasteiger partial charge in [0.2, 0.25) is 0 Å². The van der Waals surface area contributed by atoms with Gasteiger partial charge in [0.15, 0.2) is 5.96 Å². The largest absolute Gasteiger partial charge is 0.444 e. The average molecular weight is 551 g/mol. The van der Waals surface area contributed by atoms with E-state index in [1.165, 1.54) is 0 Å². The number of unbranched alkanes of at least 4 members (excludes halogenated alkanes) is 1. The number of aryl methyl sites for hydroxylation is 2. The van der Waals surface area contributed by atoms with E-state index in [1.807, 2.05) is 47.1 Å². The lowest BCUT2D eigenvalue weighted by Gasteiger charge is -2.28. The molecule has 0 saturated carbocycles. The van der Waals surface area contributed by atoms with Gasteiger partial charge in [0.1, 0.15) is 11.4 Å². The van der Waals surface area contributed by atoms with E-state index >= 15 is 0 Å². The first-order valence-electron chi connectivity index (χ1n) is 10.9. The highest BCUT2D eigenvalue weighted by Gasteiger charge is 2.22. The number of carbonyl (C=O) groups is 1. The van der Waals surface area contributed by atoms with Crippen molar-refractivity contribution in [3.8, 4) is 0 Å². The molecule has 0 radical (unpaired) electrons. The van der Waals surface area contributed by atoms with Gasteiger partial charge >= 0.3 is 6.09 Å². The quantitative estimate of drug-likeness (QED) is 0.199. The summed E-state index contributed by atoms with van der Waals surface area (Å²) < 4.78 is 7.57. The number of nitrogens with zero attached hydrogens (tertiary/aromatic N) is 4. The van der Waals surface area contributed by atoms with Gasteiger partial charge in [-0.05, 0) is 52.9 Å². The third-order valence-electron chi connectivity index (χ3n) is 4.89. The number of aromatic nitrogens is 2. The average Bonchev–Trinajstić information content (AvgIpc) is 3.04. The summed E-state index contributed by atoms with van der Waals surface area (Å²) in [6.07, 6.45) is 6.45. The second-order valence-electron chi connectivity index (χ2n) is 9.06. The maximum atomic E-state index is 12.1. The van der Waals surface area contributed by atoms with Crippen LogP contribution in [0, 0.1) is 12.8 Å². The van der Waals surface area contributed by atoms with E-state index < -0.39 is 5.60 Å². The number of aliphatic imine (C=N–C) groups is 1. The second kappa shape index (κ2) is 14.5. The molecule has 0 aromatic carbocycles. The van der Waals surface area contributed by atoms with E-state index in [4.69, 9.17) is 4.74 Å². The topological polar surface area (TPSA) is 83.8 Å². The summed E-state index contributed by atoms with van der Waals surface area (Å²) in [6, 6.07) is 0.0406. The Balaban J connectivity index is 0.00000900. The molecule has 1 atom stereocenters. The molecule has 0 aliphatic rings. The van der Waals surface area contributed by atoms with Crippen molar-refractivity contribution in [3.63, 3.8) is 0 Å². The first-order chi connectivity index (χ1) is 14.0. The number of ether oxygens (including phenoxy) is 1. The lowest BCUT2D eigenvalue weighted by atomic mass is 10.0. The van der Waals surface area contributed by atoms with Crippen molar-refractivity contribution in [2.75, 3.05) is 27.2 Å². The van der Waals surface area contributed by atoms with Crippen LogP contribution in [-0.2, 0) is 11.3 Å². The molecule has 0 bridgehead atoms. The van der Waals surface area contributed by atoms with Gasteiger partial charge in [-0.3, -0.25) is 4.99 Å². The molecule has 1 aromatic rings. The van der Waals surface area contributed by atoms with Gasteiger partial charge in [-0.25, -0.2) is 9.78 Å². The number of hydrogen-bond donors (Lipinski definition) is 2. The molecule has 1 rings (SSSR count). The van der Waals surface area contributed by atoms with Gasteiger partial charge in [-0.2, -0.15) is 0 Å². The van der Waals surface area contributed by atoms with Crippen LogP contribution in [0.3, 0.4) is 0 Å². The monoisotopic (exact) mass is 550 g/mol. The maximum Gasteiger partial charge on any atom is 0.407 e. The number of carbonyl (C=O) groups excluding carboxylic acids is 1. The molecule has 0 saturated heterocycles. The third-order valence-corrected chi connectivity index (χ3v) is 4.89. The van der Waals surface area contributed by atoms with Crippen molar-refractivity contribution in [3.05, 3.63) is 18.2 Å². The highest BCUT2D eigenvalue weighted by atomic mass is 127. The summed E-state index contributed by atoms with van der Waals surface area (Å²) >= 11 is 0. The Morgan fingerprint density at radius 1 is 1.32 bits per heavy atom. The molecule has 0 aliphatic heterocycles. The standard InChI is InChI=1S/C22H42N6O2.HI/c1-17(2)19(26-21(29)30-22(4,5)6)11-15-27(8)20(23-7)25-12-9-10-14-28-16-13-24-18(28)3;/h13,16-17,19H,9-12,14-15H2,1-8H3,(H,23,25)(H,26,29);1H. The fourth-order valence-corrected chi connectivity index (χ4v) is 3.10. The third kappa shape index (κ3) is 12.2. The van der Waals surface area contributed by atoms with Crippen LogP contribution in [0.1, 0.15) is 59.7 Å². The summed E-state index contributed by atoms with van der Waals surface area (Å²) in [6.45, 7) is 14.5. The molecule has 0 aliphatic carbocycles. The zero-order valence-electron chi connectivity index (χ0n) is 20.6. The van der Waals surface area contributed by atoms with E-state index in [9.17, 15) is 4.79 Å². The highest BCUT2D eigenvalue weighted by molar-refractivity contribution is 14.0. The number of amides is 1. The minimum absolute atomic E-state index is 0. The van der Waals surface area contributed by atoms with Gasteiger partial charge in [0.25, 0.3) is 0 Å². The Kier molecular flexibility index (Phi) is 13.8. The number of guanidine groups is 1. The molecule has 1 amide bonds. The Bertz CT molecular complexity index is 669. The van der Waals surface area contributed by atoms with Crippen LogP contribution < -0.4 is 10.6 Å². The number of hydrogen-bond acceptors (Lipinski definition) is 4. The summed E-state index contributed by atoms with van der Waals surface area (Å²) in [5.74, 6) is 2.24. The van der Waals surface area contributed by atoms with Crippen molar-refractivity contribution in [1.29, 1.82) is 0 Å². The number of nitrogens with one attached hydrogen (secondary N) is 2. The van der Waals surface area contributed by atoms with Crippen LogP contribution in [0.4, 0.5) is 4.79 Å². The maximum absolute atomic E-state index is 12.1. The van der Waals surface area contributed by atoms with E-state index in [1.54, 1.807) is 7.05 Å². The Labute approximate surface area is 205 Å². The first-order valence-corrected chi connectivity index (χ1v) is 10.9. The Morgan fingerprint density at radius 2 is 2.00 bits per heavy atom. The van der Waals surface area contributed by atoms with Crippen LogP contribution in [0.2, 0.25) is 0 Å². The van der Waals surface area contributed by atoms with Gasteiger partial charge in [-0.1, -0.05) is 13.8 Å². The molecular formula is C22H43IN6O2. The lowest BCUT2D eigenvalue weighted by Crippen LogP contribution is -2.45. The van der Waals surface area contributed by atoms with Crippen LogP contribution in [-0.4, -0.2) is 65.3 Å². The van der Waals surface area contributed by atoms with Gasteiger partial charge < -0.3 is 24.8 Å². The molecule has 0 fully saturated rings. The molecule has 1 heterocycles. The molecule has 2 N–H and O–H groups in total. The van der Waals surface area contributed by atoms with E-state index in [0.717, 1.165) is 50.7 Å². The molecule has 8 nitrogen and oxygen atoms in total. The summed E-state index contributed by atoms with van der Waals surface area (Å²) in [7, 11) is 3.82. The zero-order chi connectivity index (χ0) is 22.7. The number of alkyl carbamates (subject to hydrolysis) is 1. The SMILES string of the molecule is CN=C(NCCCCn1ccnc1C)N(C)CCC(NC(=O)OC(C)(C)C)C(C)C.I. The fourth-order valence-electron chi connectivity index (χ4n) is 3.10. The first kappa shape index (κ1) is 29.5. The molecule has 1 unspecified atom stereocenters. The predicted molar refractivity (Wildman–Crippen MR) is 138 cm³/mol. The molecule has 9 heteroatoms. The van der Waals surface area contributed by atoms with Crippen molar-refractivity contribution < 1.29 is 9.53 Å². The van der Waals surface area contributed by atoms with Crippen LogP contribution in [0.15, 0.2) is 17.4 Å². The van der Waals surface area contributed by atoms with E-state index in [2.05, 4.69) is 43.9 Å². The summed E-state index contributed by atoms with van der Waals surface area (Å²) in [5.41, 5.74) is -0.495. The molecule has 1 aromatic heterocycles. The highest BCUT2D eigenvalue weighted by Crippen LogP contribution is 2.11. The van der Waals surface area contributed by atoms with Crippen LogP contribution in [0.5, 0.6) is 0 Å². The normalized spacial score (nSPS) is 12.9. The van der Waals surface area contributed by atoms with Gasteiger partial charge in [-0.15, -0.1) is 24.0 Å². The van der Waals surface area contributed by atoms with E-state index in [0.29, 0.717) is 5.92 Å². The van der Waals surface area contributed by atoms with E-state index in [-0.39, 0.29) is 36.1 Å². The van der Waals surface area contributed by atoms with Gasteiger partial charge in [0.05, 0.1) is 0 Å². The Hall–Kier alpha value is -1.52. The number of imidazole rings is 1. The molecule has 0 spiro atoms. The minimum atomic E-state index is -0.495. The van der Waals surface area contributed by atoms with Crippen molar-refractivity contribution in [2.45, 2.75) is 79.0 Å². The fraction of sp³-hybridized carbons (Fsp3) is 0.773. The van der Waals surface area contributed by atoms with Crippen LogP contribution >= 0.6 is 24.0 Å². The summed E-state index contributed by atoms with van der Waals surface area (Å²) in [4.78, 5) is 22.9. The van der Waals surface area contributed by atoms with Crippen molar-refractivity contribution in [1.82, 2.24) is 25.1 Å². The van der Waals surface area contributed by atoms with Crippen molar-refractivity contribution in [2.24, 2.45) is 10.9 Å². The number of halogens is 1.